The van der Waals surface area contributed by atoms with Crippen LogP contribution < -0.4 is 4.74 Å². The van der Waals surface area contributed by atoms with Crippen molar-refractivity contribution < 1.29 is 14.6 Å². The number of benzene rings is 1. The summed E-state index contributed by atoms with van der Waals surface area (Å²) in [7, 11) is 0. The monoisotopic (exact) mass is 248 g/mol. The molecule has 0 atom stereocenters. The average molecular weight is 248 g/mol. The highest BCUT2D eigenvalue weighted by atomic mass is 32.1. The first-order valence-corrected chi connectivity index (χ1v) is 6.07. The van der Waals surface area contributed by atoms with Gasteiger partial charge < -0.3 is 9.84 Å². The molecule has 2 aromatic rings. The predicted molar refractivity (Wildman–Crippen MR) is 66.5 cm³/mol. The summed E-state index contributed by atoms with van der Waals surface area (Å²) in [6.07, 6.45) is 0. The zero-order valence-corrected chi connectivity index (χ0v) is 9.94. The van der Waals surface area contributed by atoms with Crippen molar-refractivity contribution in [3.05, 3.63) is 52.2 Å². The molecule has 2 rings (SSSR count). The predicted octanol–water partition coefficient (Wildman–Crippen LogP) is 2.50. The van der Waals surface area contributed by atoms with Crippen LogP contribution in [0.15, 0.2) is 41.8 Å². The van der Waals surface area contributed by atoms with E-state index in [0.717, 1.165) is 5.56 Å². The molecule has 0 unspecified atom stereocenters. The molecule has 1 heterocycles. The molecule has 0 amide bonds. The maximum absolute atomic E-state index is 11.7. The molecule has 0 aliphatic heterocycles. The number of carbonyl (C=O) groups is 1. The molecule has 0 saturated heterocycles. The van der Waals surface area contributed by atoms with Crippen molar-refractivity contribution in [3.63, 3.8) is 0 Å². The van der Waals surface area contributed by atoms with Crippen LogP contribution in [0.4, 0.5) is 0 Å². The number of ether oxygens (including phenoxy) is 1. The Morgan fingerprint density at radius 2 is 2.18 bits per heavy atom. The second-order valence-corrected chi connectivity index (χ2v) is 4.44. The van der Waals surface area contributed by atoms with E-state index in [4.69, 9.17) is 9.84 Å². The summed E-state index contributed by atoms with van der Waals surface area (Å²) in [5.41, 5.74) is 0.770. The Morgan fingerprint density at radius 3 is 2.88 bits per heavy atom. The highest BCUT2D eigenvalue weighted by molar-refractivity contribution is 7.12. The first kappa shape index (κ1) is 11.8. The fraction of sp³-hybridized carbons (Fsp3) is 0.154. The number of aliphatic hydroxyl groups is 1. The van der Waals surface area contributed by atoms with Crippen molar-refractivity contribution in [3.8, 4) is 5.75 Å². The molecule has 1 aromatic carbocycles. The Balaban J connectivity index is 1.95. The number of rotatable bonds is 5. The fourth-order valence-corrected chi connectivity index (χ4v) is 2.04. The van der Waals surface area contributed by atoms with E-state index >= 15 is 0 Å². The minimum absolute atomic E-state index is 0.0232. The molecule has 88 valence electrons. The van der Waals surface area contributed by atoms with Crippen molar-refractivity contribution >= 4 is 17.1 Å². The van der Waals surface area contributed by atoms with Crippen LogP contribution in [0.5, 0.6) is 5.75 Å². The van der Waals surface area contributed by atoms with Crippen molar-refractivity contribution in [1.29, 1.82) is 0 Å². The second kappa shape index (κ2) is 5.61. The Kier molecular flexibility index (Phi) is 3.90. The maximum atomic E-state index is 11.7. The Labute approximate surface area is 103 Å². The number of hydrogen-bond acceptors (Lipinski definition) is 4. The molecule has 1 aromatic heterocycles. The van der Waals surface area contributed by atoms with E-state index in [-0.39, 0.29) is 19.0 Å². The van der Waals surface area contributed by atoms with Crippen LogP contribution >= 0.6 is 11.3 Å². The minimum atomic E-state index is -0.0330. The lowest BCUT2D eigenvalue weighted by atomic mass is 10.2. The Morgan fingerprint density at radius 1 is 1.29 bits per heavy atom. The molecule has 0 saturated carbocycles. The molecule has 0 radical (unpaired) electrons. The first-order valence-electron chi connectivity index (χ1n) is 5.19. The van der Waals surface area contributed by atoms with Gasteiger partial charge in [-0.05, 0) is 29.1 Å². The summed E-state index contributed by atoms with van der Waals surface area (Å²) in [5.74, 6) is 0.566. The van der Waals surface area contributed by atoms with Crippen LogP contribution in [0.3, 0.4) is 0 Å². The van der Waals surface area contributed by atoms with Crippen LogP contribution in [0.25, 0.3) is 0 Å². The number of thiophene rings is 1. The lowest BCUT2D eigenvalue weighted by molar-refractivity contribution is 0.0925. The molecular formula is C13H12O3S. The zero-order valence-electron chi connectivity index (χ0n) is 9.13. The molecule has 17 heavy (non-hydrogen) atoms. The van der Waals surface area contributed by atoms with Crippen LogP contribution in [0, 0.1) is 0 Å². The number of carbonyl (C=O) groups excluding carboxylic acids is 1. The van der Waals surface area contributed by atoms with Gasteiger partial charge in [0.2, 0.25) is 5.78 Å². The van der Waals surface area contributed by atoms with Gasteiger partial charge >= 0.3 is 0 Å². The Bertz CT molecular complexity index is 491. The van der Waals surface area contributed by atoms with Crippen LogP contribution in [0.1, 0.15) is 15.2 Å². The van der Waals surface area contributed by atoms with E-state index in [9.17, 15) is 4.79 Å². The summed E-state index contributed by atoms with van der Waals surface area (Å²) in [4.78, 5) is 12.4. The summed E-state index contributed by atoms with van der Waals surface area (Å²) in [6, 6.07) is 10.7. The molecule has 0 aliphatic rings. The van der Waals surface area contributed by atoms with Gasteiger partial charge in [-0.25, -0.2) is 0 Å². The van der Waals surface area contributed by atoms with Crippen molar-refractivity contribution in [1.82, 2.24) is 0 Å². The van der Waals surface area contributed by atoms with Crippen molar-refractivity contribution in [2.24, 2.45) is 0 Å². The van der Waals surface area contributed by atoms with Crippen LogP contribution in [-0.2, 0) is 6.61 Å². The molecular weight excluding hydrogens is 236 g/mol. The van der Waals surface area contributed by atoms with E-state index in [1.165, 1.54) is 11.3 Å². The molecule has 3 nitrogen and oxygen atoms in total. The quantitative estimate of drug-likeness (QED) is 0.827. The van der Waals surface area contributed by atoms with Gasteiger partial charge in [0.25, 0.3) is 0 Å². The van der Waals surface area contributed by atoms with Crippen LogP contribution in [-0.4, -0.2) is 17.5 Å². The van der Waals surface area contributed by atoms with E-state index in [2.05, 4.69) is 0 Å². The molecule has 0 aliphatic carbocycles. The smallest absolute Gasteiger partial charge is 0.210 e. The largest absolute Gasteiger partial charge is 0.485 e. The van der Waals surface area contributed by atoms with E-state index in [1.807, 2.05) is 11.4 Å². The van der Waals surface area contributed by atoms with Gasteiger partial charge in [-0.2, -0.15) is 0 Å². The van der Waals surface area contributed by atoms with E-state index < -0.39 is 0 Å². The van der Waals surface area contributed by atoms with Crippen molar-refractivity contribution in [2.45, 2.75) is 6.61 Å². The number of hydrogen-bond donors (Lipinski definition) is 1. The van der Waals surface area contributed by atoms with Crippen LogP contribution in [0.2, 0.25) is 0 Å². The summed E-state index contributed by atoms with van der Waals surface area (Å²) in [5, 5.41) is 10.8. The third-order valence-corrected chi connectivity index (χ3v) is 3.16. The molecule has 0 spiro atoms. The molecule has 4 heteroatoms. The highest BCUT2D eigenvalue weighted by Gasteiger charge is 2.07. The normalized spacial score (nSPS) is 10.2. The third kappa shape index (κ3) is 3.15. The molecule has 1 N–H and O–H groups in total. The van der Waals surface area contributed by atoms with Gasteiger partial charge in [0.1, 0.15) is 5.75 Å². The van der Waals surface area contributed by atoms with Crippen molar-refractivity contribution in [2.75, 3.05) is 6.61 Å². The number of aliphatic hydroxyl groups excluding tert-OH is 1. The summed E-state index contributed by atoms with van der Waals surface area (Å²) >= 11 is 1.40. The Hall–Kier alpha value is -1.65. The first-order chi connectivity index (χ1) is 8.29. The van der Waals surface area contributed by atoms with E-state index in [0.29, 0.717) is 10.6 Å². The SMILES string of the molecule is O=C(COc1cccc(CO)c1)c1cccs1. The second-order valence-electron chi connectivity index (χ2n) is 3.49. The number of Topliss-reactive ketones (excluding diaryl/α,β-unsaturated/α-hetero) is 1. The lowest BCUT2D eigenvalue weighted by Crippen LogP contribution is -2.10. The topological polar surface area (TPSA) is 46.5 Å². The minimum Gasteiger partial charge on any atom is -0.485 e. The van der Waals surface area contributed by atoms with Gasteiger partial charge in [-0.3, -0.25) is 4.79 Å². The summed E-state index contributed by atoms with van der Waals surface area (Å²) in [6.45, 7) is -0.00847. The van der Waals surface area contributed by atoms with Gasteiger partial charge in [0.15, 0.2) is 6.61 Å². The highest BCUT2D eigenvalue weighted by Crippen LogP contribution is 2.15. The molecule has 0 bridgehead atoms. The fourth-order valence-electron chi connectivity index (χ4n) is 1.39. The summed E-state index contributed by atoms with van der Waals surface area (Å²) < 4.78 is 5.38. The van der Waals surface area contributed by atoms with Gasteiger partial charge in [0, 0.05) is 0 Å². The van der Waals surface area contributed by atoms with Gasteiger partial charge in [-0.1, -0.05) is 18.2 Å². The van der Waals surface area contributed by atoms with Gasteiger partial charge in [0.05, 0.1) is 11.5 Å². The zero-order chi connectivity index (χ0) is 12.1. The average Bonchev–Trinajstić information content (AvgIpc) is 2.90. The standard InChI is InChI=1S/C13H12O3S/c14-8-10-3-1-4-11(7-10)16-9-12(15)13-5-2-6-17-13/h1-7,14H,8-9H2. The van der Waals surface area contributed by atoms with E-state index in [1.54, 1.807) is 30.3 Å². The maximum Gasteiger partial charge on any atom is 0.210 e. The lowest BCUT2D eigenvalue weighted by Gasteiger charge is -2.05. The molecule has 0 fully saturated rings. The number of ketones is 1. The van der Waals surface area contributed by atoms with Gasteiger partial charge in [-0.15, -0.1) is 11.3 Å². The third-order valence-electron chi connectivity index (χ3n) is 2.25.